The summed E-state index contributed by atoms with van der Waals surface area (Å²) < 4.78 is 0. The molecule has 0 aromatic rings. The molecule has 0 radical (unpaired) electrons. The highest BCUT2D eigenvalue weighted by Gasteiger charge is 2.26. The van der Waals surface area contributed by atoms with Gasteiger partial charge in [-0.25, -0.2) is 0 Å². The zero-order valence-electron chi connectivity index (χ0n) is 9.74. The molecule has 17 heavy (non-hydrogen) atoms. The normalized spacial score (nSPS) is 15.6. The number of nitrogens with zero attached hydrogens (tertiary/aromatic N) is 2. The van der Waals surface area contributed by atoms with Crippen LogP contribution in [0, 0.1) is 0 Å². The fourth-order valence-electron chi connectivity index (χ4n) is 1.60. The van der Waals surface area contributed by atoms with E-state index >= 15 is 0 Å². The summed E-state index contributed by atoms with van der Waals surface area (Å²) in [5.41, 5.74) is 0. The van der Waals surface area contributed by atoms with E-state index in [1.165, 1.54) is 11.8 Å². The van der Waals surface area contributed by atoms with Crippen molar-refractivity contribution in [2.75, 3.05) is 38.6 Å². The molecular formula is C10H16ClN3O3. The third-order valence-electron chi connectivity index (χ3n) is 2.59. The summed E-state index contributed by atoms with van der Waals surface area (Å²) in [6.45, 7) is 3.51. The Morgan fingerprint density at radius 2 is 1.65 bits per heavy atom. The van der Waals surface area contributed by atoms with Crippen molar-refractivity contribution in [3.05, 3.63) is 0 Å². The number of nitrogens with one attached hydrogen (secondary N) is 1. The Bertz CT molecular complexity index is 314. The number of piperazine rings is 1. The van der Waals surface area contributed by atoms with Gasteiger partial charge in [-0.15, -0.1) is 11.6 Å². The van der Waals surface area contributed by atoms with Crippen molar-refractivity contribution >= 4 is 29.3 Å². The number of hydrogen-bond acceptors (Lipinski definition) is 3. The Labute approximate surface area is 105 Å². The summed E-state index contributed by atoms with van der Waals surface area (Å²) in [5, 5.41) is 2.42. The molecule has 1 aliphatic heterocycles. The molecule has 1 heterocycles. The summed E-state index contributed by atoms with van der Waals surface area (Å²) >= 11 is 5.41. The Kier molecular flexibility index (Phi) is 5.21. The Morgan fingerprint density at radius 1 is 1.12 bits per heavy atom. The van der Waals surface area contributed by atoms with Crippen LogP contribution in [0.1, 0.15) is 6.92 Å². The highest BCUT2D eigenvalue weighted by atomic mass is 35.5. The van der Waals surface area contributed by atoms with Crippen molar-refractivity contribution < 1.29 is 14.4 Å². The van der Waals surface area contributed by atoms with Gasteiger partial charge in [0.2, 0.25) is 5.91 Å². The van der Waals surface area contributed by atoms with Gasteiger partial charge in [0.1, 0.15) is 0 Å². The molecular weight excluding hydrogens is 246 g/mol. The lowest BCUT2D eigenvalue weighted by Crippen LogP contribution is -2.53. The zero-order valence-corrected chi connectivity index (χ0v) is 10.5. The van der Waals surface area contributed by atoms with E-state index in [1.54, 1.807) is 4.90 Å². The van der Waals surface area contributed by atoms with E-state index in [0.29, 0.717) is 26.2 Å². The van der Waals surface area contributed by atoms with Gasteiger partial charge in [0, 0.05) is 45.5 Å². The Morgan fingerprint density at radius 3 is 2.12 bits per heavy atom. The molecule has 0 saturated carbocycles. The lowest BCUT2D eigenvalue weighted by atomic mass is 10.3. The molecule has 0 bridgehead atoms. The smallest absolute Gasteiger partial charge is 0.312 e. The van der Waals surface area contributed by atoms with Crippen molar-refractivity contribution in [1.82, 2.24) is 15.1 Å². The number of carbonyl (C=O) groups excluding carboxylic acids is 3. The third kappa shape index (κ3) is 3.89. The number of alkyl halides is 1. The Hall–Kier alpha value is -1.30. The quantitative estimate of drug-likeness (QED) is 0.514. The van der Waals surface area contributed by atoms with E-state index < -0.39 is 11.8 Å². The van der Waals surface area contributed by atoms with Crippen molar-refractivity contribution in [3.8, 4) is 0 Å². The maximum absolute atomic E-state index is 11.6. The van der Waals surface area contributed by atoms with Crippen molar-refractivity contribution in [1.29, 1.82) is 0 Å². The second-order valence-electron chi connectivity index (χ2n) is 3.74. The summed E-state index contributed by atoms with van der Waals surface area (Å²) in [6, 6.07) is 0. The van der Waals surface area contributed by atoms with Gasteiger partial charge in [-0.2, -0.15) is 0 Å². The topological polar surface area (TPSA) is 69.7 Å². The summed E-state index contributed by atoms with van der Waals surface area (Å²) in [5.74, 6) is -0.930. The number of hydrogen-bond donors (Lipinski definition) is 1. The van der Waals surface area contributed by atoms with Crippen molar-refractivity contribution in [2.45, 2.75) is 6.92 Å². The monoisotopic (exact) mass is 261 g/mol. The molecule has 0 atom stereocenters. The fourth-order valence-corrected chi connectivity index (χ4v) is 1.70. The summed E-state index contributed by atoms with van der Waals surface area (Å²) in [4.78, 5) is 37.2. The minimum atomic E-state index is -0.637. The molecule has 1 N–H and O–H groups in total. The minimum absolute atomic E-state index is 0.0105. The molecule has 7 heteroatoms. The van der Waals surface area contributed by atoms with Crippen LogP contribution in [-0.2, 0) is 14.4 Å². The van der Waals surface area contributed by atoms with Crippen molar-refractivity contribution in [3.63, 3.8) is 0 Å². The first-order valence-electron chi connectivity index (χ1n) is 5.45. The highest BCUT2D eigenvalue weighted by Crippen LogP contribution is 2.02. The van der Waals surface area contributed by atoms with Gasteiger partial charge < -0.3 is 15.1 Å². The zero-order chi connectivity index (χ0) is 12.8. The molecule has 0 spiro atoms. The predicted octanol–water partition coefficient (Wildman–Crippen LogP) is -0.968. The van der Waals surface area contributed by atoms with Crippen LogP contribution in [0.2, 0.25) is 0 Å². The second kappa shape index (κ2) is 6.44. The van der Waals surface area contributed by atoms with Gasteiger partial charge in [-0.3, -0.25) is 14.4 Å². The number of amides is 3. The first-order valence-corrected chi connectivity index (χ1v) is 5.98. The van der Waals surface area contributed by atoms with Gasteiger partial charge in [-0.1, -0.05) is 0 Å². The highest BCUT2D eigenvalue weighted by molar-refractivity contribution is 6.35. The molecule has 1 aliphatic rings. The average molecular weight is 262 g/mol. The first-order chi connectivity index (χ1) is 8.06. The summed E-state index contributed by atoms with van der Waals surface area (Å²) in [6.07, 6.45) is 0. The standard InChI is InChI=1S/C10H16ClN3O3/c1-8(15)13-4-6-14(7-5-13)10(17)9(16)12-3-2-11/h2-7H2,1H3,(H,12,16). The number of carbonyl (C=O) groups is 3. The lowest BCUT2D eigenvalue weighted by molar-refractivity contribution is -0.148. The SMILES string of the molecule is CC(=O)N1CCN(C(=O)C(=O)NCCCl)CC1. The predicted molar refractivity (Wildman–Crippen MR) is 62.6 cm³/mol. The third-order valence-corrected chi connectivity index (χ3v) is 2.78. The van der Waals surface area contributed by atoms with Gasteiger partial charge in [0.05, 0.1) is 0 Å². The molecule has 0 aromatic heterocycles. The van der Waals surface area contributed by atoms with E-state index in [2.05, 4.69) is 5.32 Å². The maximum atomic E-state index is 11.6. The molecule has 96 valence electrons. The fraction of sp³-hybridized carbons (Fsp3) is 0.700. The summed E-state index contributed by atoms with van der Waals surface area (Å²) in [7, 11) is 0. The molecule has 1 fully saturated rings. The van der Waals surface area contributed by atoms with Gasteiger partial charge in [-0.05, 0) is 0 Å². The van der Waals surface area contributed by atoms with Crippen LogP contribution in [0.4, 0.5) is 0 Å². The van der Waals surface area contributed by atoms with Crippen LogP contribution in [0.25, 0.3) is 0 Å². The largest absolute Gasteiger partial charge is 0.347 e. The van der Waals surface area contributed by atoms with Crippen LogP contribution in [0.15, 0.2) is 0 Å². The van der Waals surface area contributed by atoms with Crippen LogP contribution in [0.5, 0.6) is 0 Å². The molecule has 3 amide bonds. The molecule has 0 aromatic carbocycles. The van der Waals surface area contributed by atoms with Gasteiger partial charge in [0.15, 0.2) is 0 Å². The van der Waals surface area contributed by atoms with Crippen LogP contribution >= 0.6 is 11.6 Å². The van der Waals surface area contributed by atoms with Crippen LogP contribution in [0.3, 0.4) is 0 Å². The van der Waals surface area contributed by atoms with E-state index in [9.17, 15) is 14.4 Å². The average Bonchev–Trinajstić information content (AvgIpc) is 2.35. The van der Waals surface area contributed by atoms with Crippen LogP contribution < -0.4 is 5.32 Å². The number of rotatable bonds is 2. The van der Waals surface area contributed by atoms with E-state index in [-0.39, 0.29) is 18.3 Å². The number of halogens is 1. The molecule has 6 nitrogen and oxygen atoms in total. The molecule has 0 unspecified atom stereocenters. The van der Waals surface area contributed by atoms with E-state index in [1.807, 2.05) is 0 Å². The van der Waals surface area contributed by atoms with Gasteiger partial charge in [0.25, 0.3) is 0 Å². The minimum Gasteiger partial charge on any atom is -0.347 e. The molecule has 1 saturated heterocycles. The molecule has 1 rings (SSSR count). The Balaban J connectivity index is 2.40. The second-order valence-corrected chi connectivity index (χ2v) is 4.12. The van der Waals surface area contributed by atoms with Crippen molar-refractivity contribution in [2.24, 2.45) is 0 Å². The molecule has 0 aliphatic carbocycles. The first kappa shape index (κ1) is 13.8. The lowest BCUT2D eigenvalue weighted by Gasteiger charge is -2.33. The van der Waals surface area contributed by atoms with E-state index in [4.69, 9.17) is 11.6 Å². The van der Waals surface area contributed by atoms with E-state index in [0.717, 1.165) is 0 Å². The van der Waals surface area contributed by atoms with Gasteiger partial charge >= 0.3 is 11.8 Å². The van der Waals surface area contributed by atoms with Crippen LogP contribution in [-0.4, -0.2) is 66.1 Å². The maximum Gasteiger partial charge on any atom is 0.312 e.